The molecule has 0 amide bonds. The number of rotatable bonds is 7. The Kier molecular flexibility index (Phi) is 22.1. The lowest BCUT2D eigenvalue weighted by atomic mass is 9.98. The van der Waals surface area contributed by atoms with Crippen molar-refractivity contribution in [3.8, 4) is 0 Å². The van der Waals surface area contributed by atoms with Crippen molar-refractivity contribution in [2.24, 2.45) is 0 Å². The van der Waals surface area contributed by atoms with E-state index >= 15 is 0 Å². The van der Waals surface area contributed by atoms with Gasteiger partial charge in [0.2, 0.25) is 0 Å². The molecule has 0 fully saturated rings. The third-order valence-electron chi connectivity index (χ3n) is 4.39. The van der Waals surface area contributed by atoms with Gasteiger partial charge in [-0.15, -0.1) is 0 Å². The molecule has 0 aliphatic rings. The van der Waals surface area contributed by atoms with E-state index in [1.807, 2.05) is 34.7 Å². The molecule has 2 heteroatoms. The second-order valence-electron chi connectivity index (χ2n) is 7.09. The Morgan fingerprint density at radius 3 is 1.70 bits per heavy atom. The average Bonchev–Trinajstić information content (AvgIpc) is 2.74. The van der Waals surface area contributed by atoms with Crippen molar-refractivity contribution >= 4 is 0 Å². The van der Waals surface area contributed by atoms with Crippen LogP contribution in [0.3, 0.4) is 0 Å². The van der Waals surface area contributed by atoms with E-state index in [2.05, 4.69) is 90.8 Å². The van der Waals surface area contributed by atoms with Gasteiger partial charge in [0.25, 0.3) is 0 Å². The molecule has 2 nitrogen and oxygen atoms in total. The minimum atomic E-state index is 0.799. The zero-order valence-electron chi connectivity index (χ0n) is 22.6. The molecule has 0 aliphatic heterocycles. The zero-order chi connectivity index (χ0) is 24.3. The second kappa shape index (κ2) is 20.3. The molecule has 0 spiro atoms. The molecule has 0 heterocycles. The van der Waals surface area contributed by atoms with Crippen molar-refractivity contribution in [1.29, 1.82) is 0 Å². The Bertz CT molecular complexity index is 622. The normalized spacial score (nSPS) is 9.57. The van der Waals surface area contributed by atoms with E-state index in [-0.39, 0.29) is 0 Å². The number of likely N-dealkylation sites (N-methyl/N-ethyl adjacent to an activating group) is 1. The Morgan fingerprint density at radius 1 is 0.933 bits per heavy atom. The van der Waals surface area contributed by atoms with Gasteiger partial charge in [-0.2, -0.15) is 0 Å². The van der Waals surface area contributed by atoms with E-state index in [1.165, 1.54) is 39.8 Å². The van der Waals surface area contributed by atoms with Crippen LogP contribution in [0.15, 0.2) is 47.3 Å². The fourth-order valence-electron chi connectivity index (χ4n) is 2.53. The van der Waals surface area contributed by atoms with E-state index in [0.717, 1.165) is 24.4 Å². The minimum Gasteiger partial charge on any atom is -0.386 e. The Morgan fingerprint density at radius 2 is 1.37 bits per heavy atom. The molecule has 0 bridgehead atoms. The molecule has 0 saturated heterocycles. The summed E-state index contributed by atoms with van der Waals surface area (Å²) in [7, 11) is 1.93. The topological polar surface area (TPSA) is 24.1 Å². The third-order valence-corrected chi connectivity index (χ3v) is 4.39. The first-order chi connectivity index (χ1) is 14.2. The van der Waals surface area contributed by atoms with Crippen LogP contribution < -0.4 is 10.6 Å². The van der Waals surface area contributed by atoms with Crippen LogP contribution in [0.25, 0.3) is 0 Å². The van der Waals surface area contributed by atoms with E-state index in [9.17, 15) is 0 Å². The first-order valence-corrected chi connectivity index (χ1v) is 11.8. The Balaban J connectivity index is -0.000000926. The highest BCUT2D eigenvalue weighted by atomic mass is 15.0. The van der Waals surface area contributed by atoms with Crippen molar-refractivity contribution in [1.82, 2.24) is 10.6 Å². The van der Waals surface area contributed by atoms with Gasteiger partial charge in [-0.25, -0.2) is 0 Å². The van der Waals surface area contributed by atoms with Gasteiger partial charge in [0.1, 0.15) is 0 Å². The lowest BCUT2D eigenvalue weighted by Gasteiger charge is -2.17. The molecular weight excluding hydrogens is 364 g/mol. The highest BCUT2D eigenvalue weighted by molar-refractivity contribution is 5.39. The van der Waals surface area contributed by atoms with Gasteiger partial charge in [0, 0.05) is 13.6 Å². The maximum Gasteiger partial charge on any atom is 0.0569 e. The number of hydrogen-bond acceptors (Lipinski definition) is 2. The van der Waals surface area contributed by atoms with Crippen molar-refractivity contribution < 1.29 is 0 Å². The van der Waals surface area contributed by atoms with Crippen LogP contribution in [0.2, 0.25) is 0 Å². The first-order valence-electron chi connectivity index (χ1n) is 11.8. The van der Waals surface area contributed by atoms with E-state index in [4.69, 9.17) is 0 Å². The maximum atomic E-state index is 4.18. The van der Waals surface area contributed by atoms with E-state index < -0.39 is 0 Å². The summed E-state index contributed by atoms with van der Waals surface area (Å²) >= 11 is 0. The molecule has 2 N–H and O–H groups in total. The van der Waals surface area contributed by atoms with Gasteiger partial charge in [-0.05, 0) is 69.4 Å². The van der Waals surface area contributed by atoms with Crippen LogP contribution in [0, 0.1) is 13.8 Å². The fourth-order valence-corrected chi connectivity index (χ4v) is 2.53. The van der Waals surface area contributed by atoms with Gasteiger partial charge in [0.05, 0.1) is 11.4 Å². The lowest BCUT2D eigenvalue weighted by Crippen LogP contribution is -2.21. The van der Waals surface area contributed by atoms with Gasteiger partial charge >= 0.3 is 0 Å². The summed E-state index contributed by atoms with van der Waals surface area (Å²) in [5.74, 6) is 0. The maximum absolute atomic E-state index is 4.18. The standard InChI is InChI=1S/C21H32N2.C3H8.2C2H6/c1-9-19-10-16(5)20(17(6)11-19)13-23-18(7)21(22-8)12-15(4)14(2)3;1-3-2;2*1-2/h10-12,22-23H,7,9,13H2,1-6,8H3;3H2,1-2H3;2*1-2H3/b21-12-;;;. The van der Waals surface area contributed by atoms with Crippen molar-refractivity contribution in [3.63, 3.8) is 0 Å². The molecule has 0 aliphatic carbocycles. The SMILES string of the molecule is C=C(NCc1c(C)cc(CC)cc1C)/C(=C/C(C)=C(C)C)NC.CC.CC.CCC. The van der Waals surface area contributed by atoms with Gasteiger partial charge in [-0.3, -0.25) is 0 Å². The van der Waals surface area contributed by atoms with Crippen LogP contribution in [0.1, 0.15) is 97.9 Å². The number of benzene rings is 1. The largest absolute Gasteiger partial charge is 0.386 e. The fraction of sp³-hybridized carbons (Fsp3) is 0.571. The van der Waals surface area contributed by atoms with Crippen LogP contribution in [-0.2, 0) is 13.0 Å². The summed E-state index contributed by atoms with van der Waals surface area (Å²) < 4.78 is 0. The smallest absolute Gasteiger partial charge is 0.0569 e. The summed E-state index contributed by atoms with van der Waals surface area (Å²) in [5, 5.41) is 6.70. The lowest BCUT2D eigenvalue weighted by molar-refractivity contribution is 0.786. The highest BCUT2D eigenvalue weighted by Crippen LogP contribution is 2.18. The van der Waals surface area contributed by atoms with Crippen molar-refractivity contribution in [2.45, 2.75) is 102 Å². The molecular formula is C28H52N2. The molecule has 1 aromatic rings. The van der Waals surface area contributed by atoms with Gasteiger partial charge in [0.15, 0.2) is 0 Å². The van der Waals surface area contributed by atoms with Crippen LogP contribution in [-0.4, -0.2) is 7.05 Å². The summed E-state index contributed by atoms with van der Waals surface area (Å²) in [6.45, 7) is 30.2. The molecule has 0 saturated carbocycles. The number of hydrogen-bond donors (Lipinski definition) is 2. The third kappa shape index (κ3) is 13.3. The molecule has 0 radical (unpaired) electrons. The predicted molar refractivity (Wildman–Crippen MR) is 141 cm³/mol. The number of aryl methyl sites for hydroxylation is 3. The molecule has 0 aromatic heterocycles. The molecule has 1 aromatic carbocycles. The summed E-state index contributed by atoms with van der Waals surface area (Å²) in [6.07, 6.45) is 4.47. The molecule has 1 rings (SSSR count). The second-order valence-corrected chi connectivity index (χ2v) is 7.09. The molecule has 0 atom stereocenters. The molecule has 0 unspecified atom stereocenters. The zero-order valence-corrected chi connectivity index (χ0v) is 22.6. The molecule has 174 valence electrons. The quantitative estimate of drug-likeness (QED) is 0.436. The highest BCUT2D eigenvalue weighted by Gasteiger charge is 2.07. The summed E-state index contributed by atoms with van der Waals surface area (Å²) in [6, 6.07) is 4.57. The van der Waals surface area contributed by atoms with Gasteiger partial charge in [-0.1, -0.05) is 84.7 Å². The van der Waals surface area contributed by atoms with Crippen LogP contribution >= 0.6 is 0 Å². The minimum absolute atomic E-state index is 0.799. The first kappa shape index (κ1) is 32.7. The van der Waals surface area contributed by atoms with Crippen LogP contribution in [0.4, 0.5) is 0 Å². The average molecular weight is 417 g/mol. The van der Waals surface area contributed by atoms with Crippen molar-refractivity contribution in [3.05, 3.63) is 69.6 Å². The summed E-state index contributed by atoms with van der Waals surface area (Å²) in [4.78, 5) is 0. The molecule has 30 heavy (non-hydrogen) atoms. The number of nitrogens with one attached hydrogen (secondary N) is 2. The Hall–Kier alpha value is -1.96. The predicted octanol–water partition coefficient (Wildman–Crippen LogP) is 8.40. The monoisotopic (exact) mass is 416 g/mol. The number of allylic oxidation sites excluding steroid dienone is 3. The van der Waals surface area contributed by atoms with E-state index in [1.54, 1.807) is 0 Å². The van der Waals surface area contributed by atoms with Crippen LogP contribution in [0.5, 0.6) is 0 Å². The van der Waals surface area contributed by atoms with E-state index in [0.29, 0.717) is 0 Å². The van der Waals surface area contributed by atoms with Gasteiger partial charge < -0.3 is 10.6 Å². The summed E-state index contributed by atoms with van der Waals surface area (Å²) in [5.41, 5.74) is 9.98. The Labute approximate surface area is 190 Å². The van der Waals surface area contributed by atoms with Crippen molar-refractivity contribution in [2.75, 3.05) is 7.05 Å².